The monoisotopic (exact) mass is 252 g/mol. The predicted molar refractivity (Wildman–Crippen MR) is 61.8 cm³/mol. The minimum absolute atomic E-state index is 0.0924. The van der Waals surface area contributed by atoms with Gasteiger partial charge < -0.3 is 10.4 Å². The summed E-state index contributed by atoms with van der Waals surface area (Å²) < 4.78 is 0. The van der Waals surface area contributed by atoms with Crippen molar-refractivity contribution in [2.24, 2.45) is 0 Å². The first-order valence-electron chi connectivity index (χ1n) is 4.64. The van der Waals surface area contributed by atoms with Crippen molar-refractivity contribution in [3.8, 4) is 11.8 Å². The van der Waals surface area contributed by atoms with Crippen LogP contribution >= 0.6 is 11.6 Å². The molecule has 88 valence electrons. The summed E-state index contributed by atoms with van der Waals surface area (Å²) in [5.74, 6) is 3.83. The van der Waals surface area contributed by atoms with E-state index in [-0.39, 0.29) is 28.9 Å². The second-order valence-corrected chi connectivity index (χ2v) is 3.43. The lowest BCUT2D eigenvalue weighted by atomic mass is 10.2. The number of nitrogens with one attached hydrogen (secondary N) is 1. The van der Waals surface area contributed by atoms with Crippen LogP contribution in [0, 0.1) is 11.8 Å². The molecule has 5 nitrogen and oxygen atoms in total. The number of carbonyl (C=O) groups excluding carboxylic acids is 1. The molecule has 0 radical (unpaired) electrons. The van der Waals surface area contributed by atoms with Crippen LogP contribution in [0.5, 0.6) is 0 Å². The van der Waals surface area contributed by atoms with Crippen LogP contribution in [0.2, 0.25) is 5.15 Å². The number of aromatic carboxylic acids is 1. The van der Waals surface area contributed by atoms with Crippen LogP contribution in [-0.4, -0.2) is 28.5 Å². The van der Waals surface area contributed by atoms with Crippen LogP contribution in [0.15, 0.2) is 12.1 Å². The maximum absolute atomic E-state index is 10.9. The van der Waals surface area contributed by atoms with Gasteiger partial charge in [-0.3, -0.25) is 4.79 Å². The number of halogens is 1. The Morgan fingerprint density at radius 2 is 2.24 bits per heavy atom. The van der Waals surface area contributed by atoms with E-state index in [1.165, 1.54) is 19.1 Å². The number of pyridine rings is 1. The predicted octanol–water partition coefficient (Wildman–Crippen LogP) is 0.921. The summed E-state index contributed by atoms with van der Waals surface area (Å²) in [5.41, 5.74) is 0.0556. The smallest absolute Gasteiger partial charge is 0.355 e. The van der Waals surface area contributed by atoms with E-state index in [0.29, 0.717) is 0 Å². The maximum Gasteiger partial charge on any atom is 0.355 e. The van der Waals surface area contributed by atoms with Crippen molar-refractivity contribution in [1.82, 2.24) is 10.3 Å². The number of hydrogen-bond acceptors (Lipinski definition) is 3. The standard InChI is InChI=1S/C11H9ClN2O3/c1-7(15)13-6-2-3-8-4-5-9(12)14-10(8)11(16)17/h4-5H,6H2,1H3,(H,13,15)(H,16,17). The Kier molecular flexibility index (Phi) is 4.49. The van der Waals surface area contributed by atoms with Crippen LogP contribution in [0.3, 0.4) is 0 Å². The normalized spacial score (nSPS) is 9.06. The third-order valence-corrected chi connectivity index (χ3v) is 1.92. The molecule has 0 bridgehead atoms. The molecule has 0 aromatic carbocycles. The molecule has 0 aliphatic rings. The average molecular weight is 253 g/mol. The number of carbonyl (C=O) groups is 2. The summed E-state index contributed by atoms with van der Waals surface area (Å²) in [7, 11) is 0. The highest BCUT2D eigenvalue weighted by Gasteiger charge is 2.10. The van der Waals surface area contributed by atoms with Crippen LogP contribution in [0.1, 0.15) is 23.0 Å². The van der Waals surface area contributed by atoms with E-state index in [0.717, 1.165) is 0 Å². The first-order valence-corrected chi connectivity index (χ1v) is 5.01. The third kappa shape index (κ3) is 4.13. The zero-order valence-corrected chi connectivity index (χ0v) is 9.71. The van der Waals surface area contributed by atoms with Crippen molar-refractivity contribution in [2.75, 3.05) is 6.54 Å². The fraction of sp³-hybridized carbons (Fsp3) is 0.182. The summed E-state index contributed by atoms with van der Waals surface area (Å²) >= 11 is 5.58. The van der Waals surface area contributed by atoms with Crippen molar-refractivity contribution in [3.05, 3.63) is 28.5 Å². The Morgan fingerprint density at radius 1 is 1.53 bits per heavy atom. The van der Waals surface area contributed by atoms with Crippen LogP contribution in [-0.2, 0) is 4.79 Å². The number of carboxylic acid groups (broad SMARTS) is 1. The lowest BCUT2D eigenvalue weighted by molar-refractivity contribution is -0.118. The molecule has 1 heterocycles. The lowest BCUT2D eigenvalue weighted by Gasteiger charge is -1.98. The Hall–Kier alpha value is -2.06. The Bertz CT molecular complexity index is 517. The number of hydrogen-bond donors (Lipinski definition) is 2. The highest BCUT2D eigenvalue weighted by atomic mass is 35.5. The summed E-state index contributed by atoms with van der Waals surface area (Å²) in [5, 5.41) is 11.4. The highest BCUT2D eigenvalue weighted by molar-refractivity contribution is 6.29. The van der Waals surface area contributed by atoms with Gasteiger partial charge in [-0.05, 0) is 12.1 Å². The van der Waals surface area contributed by atoms with E-state index >= 15 is 0 Å². The molecule has 1 aromatic heterocycles. The molecule has 1 aromatic rings. The van der Waals surface area contributed by atoms with Gasteiger partial charge in [-0.15, -0.1) is 0 Å². The molecule has 0 aliphatic carbocycles. The molecule has 0 unspecified atom stereocenters. The minimum atomic E-state index is -1.20. The fourth-order valence-electron chi connectivity index (χ4n) is 1.01. The third-order valence-electron chi connectivity index (χ3n) is 1.71. The van der Waals surface area contributed by atoms with Crippen molar-refractivity contribution in [1.29, 1.82) is 0 Å². The topological polar surface area (TPSA) is 79.3 Å². The van der Waals surface area contributed by atoms with E-state index < -0.39 is 5.97 Å². The molecule has 1 rings (SSSR count). The van der Waals surface area contributed by atoms with Crippen molar-refractivity contribution in [2.45, 2.75) is 6.92 Å². The fourth-order valence-corrected chi connectivity index (χ4v) is 1.15. The first kappa shape index (κ1) is 13.0. The van der Waals surface area contributed by atoms with Crippen molar-refractivity contribution < 1.29 is 14.7 Å². The zero-order valence-electron chi connectivity index (χ0n) is 8.95. The molecule has 17 heavy (non-hydrogen) atoms. The molecule has 0 atom stereocenters. The quantitative estimate of drug-likeness (QED) is 0.606. The molecule has 6 heteroatoms. The van der Waals surface area contributed by atoms with Gasteiger partial charge in [-0.1, -0.05) is 23.4 Å². The Morgan fingerprint density at radius 3 is 2.82 bits per heavy atom. The van der Waals surface area contributed by atoms with Gasteiger partial charge in [0.1, 0.15) is 5.15 Å². The van der Waals surface area contributed by atoms with Gasteiger partial charge in [-0.2, -0.15) is 0 Å². The summed E-state index contributed by atoms with van der Waals surface area (Å²) in [4.78, 5) is 25.1. The number of nitrogens with zero attached hydrogens (tertiary/aromatic N) is 1. The summed E-state index contributed by atoms with van der Waals surface area (Å²) in [6.45, 7) is 1.52. The van der Waals surface area contributed by atoms with Gasteiger partial charge >= 0.3 is 5.97 Å². The number of rotatable bonds is 2. The minimum Gasteiger partial charge on any atom is -0.476 e. The average Bonchev–Trinajstić information content (AvgIpc) is 2.25. The number of amides is 1. The second kappa shape index (κ2) is 5.87. The van der Waals surface area contributed by atoms with Gasteiger partial charge in [0.2, 0.25) is 5.91 Å². The van der Waals surface area contributed by atoms with E-state index in [1.807, 2.05) is 0 Å². The molecule has 0 aliphatic heterocycles. The Labute approximate surface area is 103 Å². The molecule has 0 spiro atoms. The van der Waals surface area contributed by atoms with E-state index in [4.69, 9.17) is 16.7 Å². The molecule has 0 saturated heterocycles. The largest absolute Gasteiger partial charge is 0.476 e. The van der Waals surface area contributed by atoms with E-state index in [9.17, 15) is 9.59 Å². The van der Waals surface area contributed by atoms with Crippen molar-refractivity contribution in [3.63, 3.8) is 0 Å². The van der Waals surface area contributed by atoms with Crippen LogP contribution < -0.4 is 5.32 Å². The van der Waals surface area contributed by atoms with Crippen LogP contribution in [0.25, 0.3) is 0 Å². The first-order chi connectivity index (χ1) is 8.00. The van der Waals surface area contributed by atoms with Gasteiger partial charge in [-0.25, -0.2) is 9.78 Å². The SMILES string of the molecule is CC(=O)NCC#Cc1ccc(Cl)nc1C(=O)O. The maximum atomic E-state index is 10.9. The summed E-state index contributed by atoms with van der Waals surface area (Å²) in [6, 6.07) is 2.93. The number of aromatic nitrogens is 1. The highest BCUT2D eigenvalue weighted by Crippen LogP contribution is 2.10. The van der Waals surface area contributed by atoms with E-state index in [2.05, 4.69) is 22.1 Å². The second-order valence-electron chi connectivity index (χ2n) is 3.05. The van der Waals surface area contributed by atoms with Crippen molar-refractivity contribution >= 4 is 23.5 Å². The molecule has 0 fully saturated rings. The Balaban J connectivity index is 2.90. The lowest BCUT2D eigenvalue weighted by Crippen LogP contribution is -2.19. The molecule has 0 saturated carbocycles. The molecular formula is C11H9ClN2O3. The molecular weight excluding hydrogens is 244 g/mol. The van der Waals surface area contributed by atoms with E-state index in [1.54, 1.807) is 0 Å². The van der Waals surface area contributed by atoms with Gasteiger partial charge in [0.05, 0.1) is 12.1 Å². The van der Waals surface area contributed by atoms with Gasteiger partial charge in [0.25, 0.3) is 0 Å². The van der Waals surface area contributed by atoms with Gasteiger partial charge in [0.15, 0.2) is 5.69 Å². The number of carboxylic acids is 1. The molecule has 2 N–H and O–H groups in total. The molecule has 1 amide bonds. The zero-order chi connectivity index (χ0) is 12.8. The van der Waals surface area contributed by atoms with Crippen LogP contribution in [0.4, 0.5) is 0 Å². The van der Waals surface area contributed by atoms with Gasteiger partial charge in [0, 0.05) is 6.92 Å². The summed E-state index contributed by atoms with van der Waals surface area (Å²) in [6.07, 6.45) is 0.